The fourth-order valence-electron chi connectivity index (χ4n) is 4.25. The maximum Gasteiger partial charge on any atom is 0.0860 e. The molecule has 0 fully saturated rings. The quantitative estimate of drug-likeness (QED) is 0.559. The van der Waals surface area contributed by atoms with Gasteiger partial charge < -0.3 is 0 Å². The molecule has 5 rings (SSSR count). The van der Waals surface area contributed by atoms with Crippen LogP contribution in [0.5, 0.6) is 0 Å². The predicted molar refractivity (Wildman–Crippen MR) is 108 cm³/mol. The van der Waals surface area contributed by atoms with Crippen molar-refractivity contribution in [3.05, 3.63) is 101 Å². The Hall–Kier alpha value is -2.58. The van der Waals surface area contributed by atoms with Crippen molar-refractivity contribution in [3.63, 3.8) is 0 Å². The van der Waals surface area contributed by atoms with E-state index < -0.39 is 0 Å². The Morgan fingerprint density at radius 3 is 2.38 bits per heavy atom. The van der Waals surface area contributed by atoms with Gasteiger partial charge in [-0.15, -0.1) is 0 Å². The summed E-state index contributed by atoms with van der Waals surface area (Å²) in [5.41, 5.74) is 6.33. The van der Waals surface area contributed by atoms with Crippen LogP contribution in [0.1, 0.15) is 29.2 Å². The van der Waals surface area contributed by atoms with Gasteiger partial charge in [0.05, 0.1) is 17.4 Å². The number of hydrazone groups is 1. The topological polar surface area (TPSA) is 15.6 Å². The van der Waals surface area contributed by atoms with Gasteiger partial charge in [-0.3, -0.25) is 5.01 Å². The molecule has 0 radical (unpaired) electrons. The average molecular weight is 359 g/mol. The van der Waals surface area contributed by atoms with Gasteiger partial charge in [0.15, 0.2) is 0 Å². The number of anilines is 1. The van der Waals surface area contributed by atoms with Crippen molar-refractivity contribution in [3.8, 4) is 0 Å². The summed E-state index contributed by atoms with van der Waals surface area (Å²) < 4.78 is 0. The third-order valence-corrected chi connectivity index (χ3v) is 5.71. The van der Waals surface area contributed by atoms with Gasteiger partial charge >= 0.3 is 0 Å². The fraction of sp³-hybridized carbons (Fsp3) is 0.174. The van der Waals surface area contributed by atoms with E-state index in [0.29, 0.717) is 5.92 Å². The van der Waals surface area contributed by atoms with Crippen molar-refractivity contribution in [1.82, 2.24) is 0 Å². The van der Waals surface area contributed by atoms with E-state index in [1.165, 1.54) is 22.4 Å². The van der Waals surface area contributed by atoms with Crippen LogP contribution in [0.4, 0.5) is 5.69 Å². The number of halogens is 1. The zero-order valence-corrected chi connectivity index (χ0v) is 15.1. The molecule has 3 heteroatoms. The molecule has 0 amide bonds. The van der Waals surface area contributed by atoms with Crippen LogP contribution >= 0.6 is 11.6 Å². The van der Waals surface area contributed by atoms with Gasteiger partial charge in [-0.25, -0.2) is 0 Å². The smallest absolute Gasteiger partial charge is 0.0860 e. The van der Waals surface area contributed by atoms with E-state index in [0.717, 1.165) is 23.6 Å². The lowest BCUT2D eigenvalue weighted by atomic mass is 9.77. The summed E-state index contributed by atoms with van der Waals surface area (Å²) in [4.78, 5) is 0. The molecule has 2 atom stereocenters. The molecule has 1 aliphatic heterocycles. The second-order valence-electron chi connectivity index (χ2n) is 6.96. The second-order valence-corrected chi connectivity index (χ2v) is 7.40. The molecule has 0 saturated carbocycles. The first-order valence-electron chi connectivity index (χ1n) is 9.08. The van der Waals surface area contributed by atoms with E-state index in [2.05, 4.69) is 65.7 Å². The fourth-order valence-corrected chi connectivity index (χ4v) is 4.38. The van der Waals surface area contributed by atoms with Crippen LogP contribution in [0.15, 0.2) is 84.0 Å². The Balaban J connectivity index is 1.65. The molecular formula is C23H19ClN2. The molecule has 2 nitrogen and oxygen atoms in total. The Labute approximate surface area is 158 Å². The van der Waals surface area contributed by atoms with E-state index in [4.69, 9.17) is 16.7 Å². The number of aryl methyl sites for hydroxylation is 1. The molecule has 26 heavy (non-hydrogen) atoms. The first kappa shape index (κ1) is 15.7. The maximum atomic E-state index is 6.13. The first-order chi connectivity index (χ1) is 12.8. The molecule has 0 bridgehead atoms. The number of fused-ring (bicyclic) bond motifs is 3. The normalized spacial score (nSPS) is 21.1. The van der Waals surface area contributed by atoms with Crippen LogP contribution in [0, 0.1) is 5.92 Å². The molecule has 2 unspecified atom stereocenters. The zero-order valence-electron chi connectivity index (χ0n) is 14.3. The highest BCUT2D eigenvalue weighted by atomic mass is 35.5. The van der Waals surface area contributed by atoms with E-state index >= 15 is 0 Å². The van der Waals surface area contributed by atoms with Crippen molar-refractivity contribution < 1.29 is 0 Å². The van der Waals surface area contributed by atoms with Gasteiger partial charge in [0.2, 0.25) is 0 Å². The third-order valence-electron chi connectivity index (χ3n) is 5.46. The van der Waals surface area contributed by atoms with Gasteiger partial charge in [0, 0.05) is 16.5 Å². The molecule has 3 aromatic carbocycles. The summed E-state index contributed by atoms with van der Waals surface area (Å²) in [5, 5.41) is 8.09. The number of benzene rings is 3. The number of hydrogen-bond acceptors (Lipinski definition) is 2. The number of rotatable bonds is 2. The molecule has 1 aliphatic carbocycles. The van der Waals surface area contributed by atoms with Crippen molar-refractivity contribution in [2.75, 3.05) is 5.01 Å². The lowest BCUT2D eigenvalue weighted by Gasteiger charge is -2.30. The molecule has 0 spiro atoms. The van der Waals surface area contributed by atoms with E-state index in [-0.39, 0.29) is 6.04 Å². The first-order valence-corrected chi connectivity index (χ1v) is 9.45. The van der Waals surface area contributed by atoms with Crippen LogP contribution in [0.3, 0.4) is 0 Å². The molecule has 0 aromatic heterocycles. The highest BCUT2D eigenvalue weighted by Crippen LogP contribution is 2.45. The predicted octanol–water partition coefficient (Wildman–Crippen LogP) is 5.87. The zero-order chi connectivity index (χ0) is 17.5. The molecule has 0 saturated heterocycles. The van der Waals surface area contributed by atoms with Gasteiger partial charge in [-0.05, 0) is 48.2 Å². The second kappa shape index (κ2) is 6.30. The number of para-hydroxylation sites is 1. The highest BCUT2D eigenvalue weighted by Gasteiger charge is 2.41. The Morgan fingerprint density at radius 1 is 0.846 bits per heavy atom. The Morgan fingerprint density at radius 2 is 1.58 bits per heavy atom. The standard InChI is InChI=1S/C23H19ClN2/c24-18-13-10-17(11-14-18)23-21-15-12-16-6-4-5-9-20(16)22(21)25-26(23)19-7-2-1-3-8-19/h1-11,13-14,21,23H,12,15H2. The third kappa shape index (κ3) is 2.53. The van der Waals surface area contributed by atoms with Crippen molar-refractivity contribution in [2.24, 2.45) is 11.0 Å². The van der Waals surface area contributed by atoms with Crippen LogP contribution in [0.25, 0.3) is 0 Å². The summed E-state index contributed by atoms with van der Waals surface area (Å²) in [5.74, 6) is 0.395. The molecule has 3 aromatic rings. The minimum Gasteiger partial charge on any atom is -0.257 e. The minimum absolute atomic E-state index is 0.207. The SMILES string of the molecule is Clc1ccc(C2C3CCc4ccccc4C3=NN2c2ccccc2)cc1. The maximum absolute atomic E-state index is 6.13. The summed E-state index contributed by atoms with van der Waals surface area (Å²) in [6.07, 6.45) is 2.22. The van der Waals surface area contributed by atoms with Crippen LogP contribution < -0.4 is 5.01 Å². The largest absolute Gasteiger partial charge is 0.257 e. The van der Waals surface area contributed by atoms with Crippen molar-refractivity contribution in [2.45, 2.75) is 18.9 Å². The van der Waals surface area contributed by atoms with Crippen LogP contribution in [-0.2, 0) is 6.42 Å². The Kier molecular flexibility index (Phi) is 3.79. The lowest BCUT2D eigenvalue weighted by Crippen LogP contribution is -2.28. The van der Waals surface area contributed by atoms with Crippen LogP contribution in [0.2, 0.25) is 5.02 Å². The molecule has 1 heterocycles. The summed E-state index contributed by atoms with van der Waals surface area (Å²) >= 11 is 6.13. The number of nitrogens with zero attached hydrogens (tertiary/aromatic N) is 2. The summed E-state index contributed by atoms with van der Waals surface area (Å²) in [7, 11) is 0. The van der Waals surface area contributed by atoms with E-state index in [1.807, 2.05) is 18.2 Å². The van der Waals surface area contributed by atoms with Gasteiger partial charge in [0.1, 0.15) is 0 Å². The monoisotopic (exact) mass is 358 g/mol. The van der Waals surface area contributed by atoms with Gasteiger partial charge in [-0.2, -0.15) is 5.10 Å². The Bertz CT molecular complexity index is 963. The molecule has 2 aliphatic rings. The van der Waals surface area contributed by atoms with Gasteiger partial charge in [0.25, 0.3) is 0 Å². The van der Waals surface area contributed by atoms with Crippen molar-refractivity contribution in [1.29, 1.82) is 0 Å². The minimum atomic E-state index is 0.207. The number of hydrogen-bond donors (Lipinski definition) is 0. The average Bonchev–Trinajstić information content (AvgIpc) is 3.09. The molecular weight excluding hydrogens is 340 g/mol. The van der Waals surface area contributed by atoms with Crippen LogP contribution in [-0.4, -0.2) is 5.71 Å². The lowest BCUT2D eigenvalue weighted by molar-refractivity contribution is 0.510. The van der Waals surface area contributed by atoms with Crippen molar-refractivity contribution >= 4 is 23.0 Å². The molecule has 128 valence electrons. The molecule has 0 N–H and O–H groups in total. The van der Waals surface area contributed by atoms with E-state index in [9.17, 15) is 0 Å². The van der Waals surface area contributed by atoms with E-state index in [1.54, 1.807) is 0 Å². The summed E-state index contributed by atoms with van der Waals surface area (Å²) in [6, 6.07) is 27.6. The highest BCUT2D eigenvalue weighted by molar-refractivity contribution is 6.30. The van der Waals surface area contributed by atoms with Gasteiger partial charge in [-0.1, -0.05) is 66.2 Å². The summed E-state index contributed by atoms with van der Waals surface area (Å²) in [6.45, 7) is 0.